The fourth-order valence-corrected chi connectivity index (χ4v) is 3.94. The molecule has 152 valence electrons. The lowest BCUT2D eigenvalue weighted by Crippen LogP contribution is -2.16. The summed E-state index contributed by atoms with van der Waals surface area (Å²) in [5, 5.41) is 11.3. The van der Waals surface area contributed by atoms with Crippen molar-refractivity contribution in [1.29, 1.82) is 0 Å². The molecule has 3 heterocycles. The van der Waals surface area contributed by atoms with Crippen molar-refractivity contribution in [2.75, 3.05) is 25.5 Å². The fourth-order valence-electron chi connectivity index (χ4n) is 3.94. The van der Waals surface area contributed by atoms with Gasteiger partial charge in [-0.3, -0.25) is 0 Å². The molecule has 1 aliphatic heterocycles. The standard InChI is InChI=1S/C23H22FN5O/c1-30-21-14-17(24)5-7-19(21)20-3-2-12-29-22(20)27-23(28-29)26-18-6-4-15-8-10-25-11-9-16(15)13-18/h2-7,12-14,25H,8-11H2,1H3,(H,26,28). The molecule has 7 heteroatoms. The Morgan fingerprint density at radius 1 is 1.03 bits per heavy atom. The van der Waals surface area contributed by atoms with Gasteiger partial charge in [-0.25, -0.2) is 8.91 Å². The van der Waals surface area contributed by atoms with Gasteiger partial charge in [-0.1, -0.05) is 6.07 Å². The number of rotatable bonds is 4. The molecule has 0 saturated heterocycles. The third-order valence-electron chi connectivity index (χ3n) is 5.42. The van der Waals surface area contributed by atoms with Gasteiger partial charge < -0.3 is 15.4 Å². The van der Waals surface area contributed by atoms with E-state index in [1.165, 1.54) is 30.4 Å². The highest BCUT2D eigenvalue weighted by Gasteiger charge is 2.15. The summed E-state index contributed by atoms with van der Waals surface area (Å²) in [5.74, 6) is 0.625. The molecule has 6 nitrogen and oxygen atoms in total. The average Bonchev–Trinajstić information content (AvgIpc) is 3.02. The molecular weight excluding hydrogens is 381 g/mol. The number of aromatic nitrogens is 3. The molecule has 0 aliphatic carbocycles. The maximum absolute atomic E-state index is 13.6. The number of nitrogens with zero attached hydrogens (tertiary/aromatic N) is 3. The Bertz CT molecular complexity index is 1220. The van der Waals surface area contributed by atoms with Gasteiger partial charge in [0.2, 0.25) is 5.95 Å². The van der Waals surface area contributed by atoms with Crippen molar-refractivity contribution in [2.45, 2.75) is 12.8 Å². The van der Waals surface area contributed by atoms with Gasteiger partial charge in [0.05, 0.1) is 7.11 Å². The van der Waals surface area contributed by atoms with Gasteiger partial charge in [-0.15, -0.1) is 5.10 Å². The van der Waals surface area contributed by atoms with Crippen LogP contribution >= 0.6 is 0 Å². The van der Waals surface area contributed by atoms with E-state index >= 15 is 0 Å². The van der Waals surface area contributed by atoms with Gasteiger partial charge in [-0.2, -0.15) is 4.98 Å². The summed E-state index contributed by atoms with van der Waals surface area (Å²) >= 11 is 0. The first-order valence-electron chi connectivity index (χ1n) is 10.00. The minimum atomic E-state index is -0.343. The van der Waals surface area contributed by atoms with E-state index in [1.807, 2.05) is 18.3 Å². The molecule has 5 rings (SSSR count). The van der Waals surface area contributed by atoms with Crippen LogP contribution in [0.2, 0.25) is 0 Å². The van der Waals surface area contributed by atoms with Crippen LogP contribution in [0.1, 0.15) is 11.1 Å². The molecular formula is C23H22FN5O. The summed E-state index contributed by atoms with van der Waals surface area (Å²) in [6.45, 7) is 2.01. The third kappa shape index (κ3) is 3.48. The molecule has 0 saturated carbocycles. The van der Waals surface area contributed by atoms with Gasteiger partial charge in [0.25, 0.3) is 0 Å². The lowest BCUT2D eigenvalue weighted by molar-refractivity contribution is 0.413. The van der Waals surface area contributed by atoms with Crippen LogP contribution in [0.4, 0.5) is 16.0 Å². The maximum Gasteiger partial charge on any atom is 0.247 e. The number of benzene rings is 2. The number of pyridine rings is 1. The first kappa shape index (κ1) is 18.6. The van der Waals surface area contributed by atoms with Gasteiger partial charge in [0.1, 0.15) is 11.6 Å². The molecule has 2 aromatic heterocycles. The highest BCUT2D eigenvalue weighted by Crippen LogP contribution is 2.33. The lowest BCUT2D eigenvalue weighted by atomic mass is 10.0. The SMILES string of the molecule is COc1cc(F)ccc1-c1cccn2nc(Nc3ccc4c(c3)CCNCC4)nc12. The van der Waals surface area contributed by atoms with E-state index in [9.17, 15) is 4.39 Å². The molecule has 0 amide bonds. The predicted molar refractivity (Wildman–Crippen MR) is 115 cm³/mol. The second-order valence-electron chi connectivity index (χ2n) is 7.33. The number of hydrogen-bond donors (Lipinski definition) is 2. The number of nitrogens with one attached hydrogen (secondary N) is 2. The first-order chi connectivity index (χ1) is 14.7. The molecule has 4 aromatic rings. The molecule has 30 heavy (non-hydrogen) atoms. The number of methoxy groups -OCH3 is 1. The Balaban J connectivity index is 1.51. The molecule has 0 spiro atoms. The van der Waals surface area contributed by atoms with E-state index in [1.54, 1.807) is 10.6 Å². The van der Waals surface area contributed by atoms with Gasteiger partial charge in [0.15, 0.2) is 5.65 Å². The van der Waals surface area contributed by atoms with Crippen LogP contribution in [0, 0.1) is 5.82 Å². The van der Waals surface area contributed by atoms with E-state index in [4.69, 9.17) is 9.72 Å². The molecule has 0 bridgehead atoms. The zero-order valence-electron chi connectivity index (χ0n) is 16.7. The molecule has 2 aromatic carbocycles. The zero-order chi connectivity index (χ0) is 20.5. The Morgan fingerprint density at radius 3 is 2.77 bits per heavy atom. The quantitative estimate of drug-likeness (QED) is 0.540. The van der Waals surface area contributed by atoms with E-state index in [2.05, 4.69) is 33.9 Å². The van der Waals surface area contributed by atoms with Crippen LogP contribution in [-0.4, -0.2) is 34.8 Å². The van der Waals surface area contributed by atoms with E-state index in [-0.39, 0.29) is 5.82 Å². The van der Waals surface area contributed by atoms with Crippen molar-refractivity contribution in [3.05, 3.63) is 71.7 Å². The second kappa shape index (κ2) is 7.76. The van der Waals surface area contributed by atoms with Gasteiger partial charge >= 0.3 is 0 Å². The molecule has 0 fully saturated rings. The number of hydrogen-bond acceptors (Lipinski definition) is 5. The predicted octanol–water partition coefficient (Wildman–Crippen LogP) is 3.98. The number of anilines is 2. The number of ether oxygens (including phenoxy) is 1. The highest BCUT2D eigenvalue weighted by atomic mass is 19.1. The maximum atomic E-state index is 13.6. The topological polar surface area (TPSA) is 63.5 Å². The number of fused-ring (bicyclic) bond motifs is 2. The largest absolute Gasteiger partial charge is 0.496 e. The average molecular weight is 403 g/mol. The van der Waals surface area contributed by atoms with Crippen molar-refractivity contribution in [3.63, 3.8) is 0 Å². The van der Waals surface area contributed by atoms with Crippen molar-refractivity contribution in [1.82, 2.24) is 19.9 Å². The highest BCUT2D eigenvalue weighted by molar-refractivity contribution is 5.82. The molecule has 2 N–H and O–H groups in total. The van der Waals surface area contributed by atoms with Crippen LogP contribution in [-0.2, 0) is 12.8 Å². The summed E-state index contributed by atoms with van der Waals surface area (Å²) in [6.07, 6.45) is 3.90. The van der Waals surface area contributed by atoms with Crippen LogP contribution in [0.3, 0.4) is 0 Å². The van der Waals surface area contributed by atoms with Crippen molar-refractivity contribution >= 4 is 17.3 Å². The molecule has 1 aliphatic rings. The molecule has 0 unspecified atom stereocenters. The van der Waals surface area contributed by atoms with E-state index in [0.29, 0.717) is 17.3 Å². The van der Waals surface area contributed by atoms with Crippen LogP contribution in [0.25, 0.3) is 16.8 Å². The van der Waals surface area contributed by atoms with Crippen LogP contribution < -0.4 is 15.4 Å². The minimum Gasteiger partial charge on any atom is -0.496 e. The van der Waals surface area contributed by atoms with E-state index in [0.717, 1.165) is 42.7 Å². The summed E-state index contributed by atoms with van der Waals surface area (Å²) in [5.41, 5.74) is 5.96. The number of halogens is 1. The summed E-state index contributed by atoms with van der Waals surface area (Å²) in [7, 11) is 1.53. The normalized spacial score (nSPS) is 13.7. The minimum absolute atomic E-state index is 0.343. The Kier molecular flexibility index (Phi) is 4.80. The van der Waals surface area contributed by atoms with Crippen molar-refractivity contribution in [3.8, 4) is 16.9 Å². The molecule has 0 atom stereocenters. The smallest absolute Gasteiger partial charge is 0.247 e. The summed E-state index contributed by atoms with van der Waals surface area (Å²) < 4.78 is 20.7. The summed E-state index contributed by atoms with van der Waals surface area (Å²) in [4.78, 5) is 4.69. The monoisotopic (exact) mass is 403 g/mol. The second-order valence-corrected chi connectivity index (χ2v) is 7.33. The van der Waals surface area contributed by atoms with Gasteiger partial charge in [0, 0.05) is 29.1 Å². The Morgan fingerprint density at radius 2 is 1.90 bits per heavy atom. The van der Waals surface area contributed by atoms with Crippen LogP contribution in [0.15, 0.2) is 54.7 Å². The van der Waals surface area contributed by atoms with Crippen molar-refractivity contribution < 1.29 is 9.13 Å². The van der Waals surface area contributed by atoms with Crippen molar-refractivity contribution in [2.24, 2.45) is 0 Å². The van der Waals surface area contributed by atoms with E-state index < -0.39 is 0 Å². The summed E-state index contributed by atoms with van der Waals surface area (Å²) in [6, 6.07) is 14.7. The van der Waals surface area contributed by atoms with Crippen LogP contribution in [0.5, 0.6) is 5.75 Å². The Labute approximate surface area is 173 Å². The van der Waals surface area contributed by atoms with Gasteiger partial charge in [-0.05, 0) is 73.5 Å². The zero-order valence-corrected chi connectivity index (χ0v) is 16.7. The first-order valence-corrected chi connectivity index (χ1v) is 10.00. The fraction of sp³-hybridized carbons (Fsp3) is 0.217. The molecule has 0 radical (unpaired) electrons. The Hall–Kier alpha value is -3.45. The lowest BCUT2D eigenvalue weighted by Gasteiger charge is -2.09. The third-order valence-corrected chi connectivity index (χ3v) is 5.42.